The highest BCUT2D eigenvalue weighted by Gasteiger charge is 2.38. The third-order valence-electron chi connectivity index (χ3n) is 8.97. The Morgan fingerprint density at radius 1 is 1.00 bits per heavy atom. The number of benzene rings is 2. The van der Waals surface area contributed by atoms with Crippen LogP contribution in [0.4, 0.5) is 0 Å². The Labute approximate surface area is 259 Å². The van der Waals surface area contributed by atoms with Gasteiger partial charge in [-0.15, -0.1) is 0 Å². The first-order valence-electron chi connectivity index (χ1n) is 14.9. The molecule has 0 spiro atoms. The minimum Gasteiger partial charge on any atom is -0.337 e. The molecule has 2 aromatic rings. The fourth-order valence-corrected chi connectivity index (χ4v) is 8.91. The fourth-order valence-electron chi connectivity index (χ4n) is 6.44. The molecule has 3 saturated heterocycles. The van der Waals surface area contributed by atoms with Crippen molar-refractivity contribution in [3.8, 4) is 0 Å². The Kier molecular flexibility index (Phi) is 9.69. The number of rotatable bonds is 10. The van der Waals surface area contributed by atoms with Crippen LogP contribution >= 0.6 is 11.6 Å². The molecule has 2 aromatic carbocycles. The van der Waals surface area contributed by atoms with Crippen molar-refractivity contribution in [2.45, 2.75) is 62.0 Å². The van der Waals surface area contributed by atoms with E-state index in [1.807, 2.05) is 4.90 Å². The molecule has 0 radical (unpaired) electrons. The van der Waals surface area contributed by atoms with Crippen molar-refractivity contribution >= 4 is 54.2 Å². The molecule has 3 aliphatic heterocycles. The van der Waals surface area contributed by atoms with E-state index in [2.05, 4.69) is 9.62 Å². The number of hydrogen-bond donors (Lipinski definition) is 1. The molecule has 236 valence electrons. The molecule has 0 aromatic heterocycles. The number of likely N-dealkylation sites (N-methyl/N-ethyl adjacent to an activating group) is 1. The maximum absolute atomic E-state index is 13.4. The largest absolute Gasteiger partial charge is 0.337 e. The third kappa shape index (κ3) is 7.18. The van der Waals surface area contributed by atoms with E-state index in [0.717, 1.165) is 36.6 Å². The molecular formula is C29H40ClN5O6S2. The Bertz CT molecular complexity index is 1590. The Morgan fingerprint density at radius 3 is 2.49 bits per heavy atom. The molecular weight excluding hydrogens is 614 g/mol. The van der Waals surface area contributed by atoms with Gasteiger partial charge in [0.2, 0.25) is 31.9 Å². The van der Waals surface area contributed by atoms with Crippen LogP contribution in [0.15, 0.2) is 41.3 Å². The number of halogens is 1. The second-order valence-electron chi connectivity index (χ2n) is 11.7. The number of piperidine rings is 1. The van der Waals surface area contributed by atoms with Crippen molar-refractivity contribution in [3.63, 3.8) is 0 Å². The minimum atomic E-state index is -3.98. The zero-order valence-corrected chi connectivity index (χ0v) is 27.0. The van der Waals surface area contributed by atoms with E-state index in [9.17, 15) is 26.4 Å². The van der Waals surface area contributed by atoms with Crippen molar-refractivity contribution in [3.05, 3.63) is 41.4 Å². The normalized spacial score (nSPS) is 24.0. The number of nitrogens with zero attached hydrogens (tertiary/aromatic N) is 4. The second kappa shape index (κ2) is 13.0. The van der Waals surface area contributed by atoms with E-state index in [1.54, 1.807) is 44.3 Å². The summed E-state index contributed by atoms with van der Waals surface area (Å²) in [5.41, 5.74) is 0. The number of amides is 2. The van der Waals surface area contributed by atoms with Crippen LogP contribution in [-0.2, 0) is 29.6 Å². The van der Waals surface area contributed by atoms with Gasteiger partial charge in [-0.3, -0.25) is 14.5 Å². The van der Waals surface area contributed by atoms with E-state index < -0.39 is 32.0 Å². The zero-order chi connectivity index (χ0) is 30.9. The van der Waals surface area contributed by atoms with E-state index in [4.69, 9.17) is 11.6 Å². The molecule has 5 rings (SSSR count). The van der Waals surface area contributed by atoms with Gasteiger partial charge >= 0.3 is 0 Å². The summed E-state index contributed by atoms with van der Waals surface area (Å²) in [5.74, 6) is -0.468. The number of likely N-dealkylation sites (tertiary alicyclic amines) is 3. The Balaban J connectivity index is 1.18. The number of carbonyl (C=O) groups excluding carboxylic acids is 2. The van der Waals surface area contributed by atoms with Gasteiger partial charge in [-0.1, -0.05) is 23.7 Å². The lowest BCUT2D eigenvalue weighted by molar-refractivity contribution is -0.143. The molecule has 1 unspecified atom stereocenters. The molecule has 0 aliphatic carbocycles. The molecule has 43 heavy (non-hydrogen) atoms. The second-order valence-corrected chi connectivity index (χ2v) is 16.2. The van der Waals surface area contributed by atoms with E-state index >= 15 is 0 Å². The molecule has 14 heteroatoms. The topological polar surface area (TPSA) is 127 Å². The lowest BCUT2D eigenvalue weighted by atomic mass is 10.1. The highest BCUT2D eigenvalue weighted by Crippen LogP contribution is 2.25. The van der Waals surface area contributed by atoms with E-state index in [0.29, 0.717) is 44.0 Å². The molecule has 3 fully saturated rings. The van der Waals surface area contributed by atoms with E-state index in [-0.39, 0.29) is 35.2 Å². The number of carbonyl (C=O) groups is 2. The first-order valence-corrected chi connectivity index (χ1v) is 18.3. The first-order chi connectivity index (χ1) is 20.4. The lowest BCUT2D eigenvalue weighted by Gasteiger charge is -2.35. The van der Waals surface area contributed by atoms with Crippen LogP contribution < -0.4 is 4.72 Å². The lowest BCUT2D eigenvalue weighted by Crippen LogP contribution is -2.55. The van der Waals surface area contributed by atoms with Gasteiger partial charge in [0, 0.05) is 50.3 Å². The minimum absolute atomic E-state index is 0.00341. The van der Waals surface area contributed by atoms with Crippen LogP contribution in [0.3, 0.4) is 0 Å². The molecule has 2 amide bonds. The van der Waals surface area contributed by atoms with Gasteiger partial charge in [0.05, 0.1) is 17.2 Å². The number of nitrogens with one attached hydrogen (secondary N) is 1. The van der Waals surface area contributed by atoms with Crippen LogP contribution in [-0.4, -0.2) is 118 Å². The van der Waals surface area contributed by atoms with Crippen LogP contribution in [0.1, 0.15) is 39.0 Å². The molecule has 0 saturated carbocycles. The summed E-state index contributed by atoms with van der Waals surface area (Å²) in [6.07, 6.45) is 3.41. The molecule has 1 N–H and O–H groups in total. The average molecular weight is 654 g/mol. The number of sulfonamides is 2. The van der Waals surface area contributed by atoms with Gasteiger partial charge in [0.1, 0.15) is 6.04 Å². The molecule has 0 bridgehead atoms. The Morgan fingerprint density at radius 2 is 1.72 bits per heavy atom. The van der Waals surface area contributed by atoms with Crippen LogP contribution in [0.2, 0.25) is 5.02 Å². The van der Waals surface area contributed by atoms with Crippen molar-refractivity contribution in [1.29, 1.82) is 0 Å². The zero-order valence-electron chi connectivity index (χ0n) is 24.6. The molecule has 3 heterocycles. The van der Waals surface area contributed by atoms with Gasteiger partial charge in [-0.25, -0.2) is 21.1 Å². The summed E-state index contributed by atoms with van der Waals surface area (Å²) in [7, 11) is -5.60. The SMILES string of the molecule is CCS(=O)(=O)N(C)C1CCN(C[C@@H]2CCCN2C(=O)CN2CCC[C@H](NS(=O)(=O)c3ccc4cc(Cl)ccc4c3)C2=O)C1. The summed E-state index contributed by atoms with van der Waals surface area (Å²) >= 11 is 6.04. The van der Waals surface area contributed by atoms with Crippen molar-refractivity contribution < 1.29 is 26.4 Å². The van der Waals surface area contributed by atoms with Crippen LogP contribution in [0.25, 0.3) is 10.8 Å². The van der Waals surface area contributed by atoms with Crippen LogP contribution in [0, 0.1) is 0 Å². The summed E-state index contributed by atoms with van der Waals surface area (Å²) in [5, 5.41) is 2.09. The Hall–Kier alpha value is -2.29. The van der Waals surface area contributed by atoms with Crippen molar-refractivity contribution in [2.24, 2.45) is 0 Å². The molecule has 11 nitrogen and oxygen atoms in total. The van der Waals surface area contributed by atoms with Gasteiger partial charge in [0.15, 0.2) is 0 Å². The van der Waals surface area contributed by atoms with Gasteiger partial charge < -0.3 is 9.80 Å². The fraction of sp³-hybridized carbons (Fsp3) is 0.586. The third-order valence-corrected chi connectivity index (χ3v) is 12.6. The molecule has 3 aliphatic rings. The highest BCUT2D eigenvalue weighted by atomic mass is 35.5. The van der Waals surface area contributed by atoms with Gasteiger partial charge in [-0.2, -0.15) is 4.72 Å². The van der Waals surface area contributed by atoms with Crippen LogP contribution in [0.5, 0.6) is 0 Å². The summed E-state index contributed by atoms with van der Waals surface area (Å²) in [6, 6.07) is 8.91. The predicted octanol–water partition coefficient (Wildman–Crippen LogP) is 2.11. The van der Waals surface area contributed by atoms with Gasteiger partial charge in [-0.05, 0) is 80.6 Å². The quantitative estimate of drug-likeness (QED) is 0.416. The van der Waals surface area contributed by atoms with Crippen molar-refractivity contribution in [2.75, 3.05) is 52.1 Å². The summed E-state index contributed by atoms with van der Waals surface area (Å²) in [6.45, 7) is 4.61. The summed E-state index contributed by atoms with van der Waals surface area (Å²) < 4.78 is 55.1. The first kappa shape index (κ1) is 32.1. The van der Waals surface area contributed by atoms with E-state index in [1.165, 1.54) is 15.3 Å². The highest BCUT2D eigenvalue weighted by molar-refractivity contribution is 7.89. The summed E-state index contributed by atoms with van der Waals surface area (Å²) in [4.78, 5) is 32.4. The number of hydrogen-bond acceptors (Lipinski definition) is 7. The predicted molar refractivity (Wildman–Crippen MR) is 166 cm³/mol. The standard InChI is InChI=1S/C29H40ClN5O6S2/c1-3-42(38,39)32(2)24-12-15-33(18-24)19-25-6-4-14-35(25)28(36)20-34-13-5-7-27(29(34)37)31-43(40,41)26-11-9-21-16-23(30)10-8-22(21)17-26/h8-11,16-17,24-25,27,31H,3-7,12-15,18-20H2,1-2H3/t24?,25-,27-/m0/s1. The average Bonchev–Trinajstić information content (AvgIpc) is 3.64. The smallest absolute Gasteiger partial charge is 0.242 e. The number of fused-ring (bicyclic) bond motifs is 1. The molecule has 3 atom stereocenters. The maximum atomic E-state index is 13.4. The monoisotopic (exact) mass is 653 g/mol. The maximum Gasteiger partial charge on any atom is 0.242 e. The van der Waals surface area contributed by atoms with Crippen molar-refractivity contribution in [1.82, 2.24) is 23.7 Å². The van der Waals surface area contributed by atoms with Gasteiger partial charge in [0.25, 0.3) is 0 Å².